The molecule has 4 nitrogen and oxygen atoms in total. The van der Waals surface area contributed by atoms with Crippen molar-refractivity contribution in [2.75, 3.05) is 27.2 Å². The molecular weight excluding hydrogens is 240 g/mol. The van der Waals surface area contributed by atoms with E-state index in [2.05, 4.69) is 22.0 Å². The smallest absolute Gasteiger partial charge is 0.337 e. The van der Waals surface area contributed by atoms with Gasteiger partial charge >= 0.3 is 5.97 Å². The fourth-order valence-electron chi connectivity index (χ4n) is 2.06. The van der Waals surface area contributed by atoms with Crippen molar-refractivity contribution in [1.82, 2.24) is 10.2 Å². The third-order valence-electron chi connectivity index (χ3n) is 3.52. The van der Waals surface area contributed by atoms with Crippen LogP contribution in [0, 0.1) is 0 Å². The van der Waals surface area contributed by atoms with Crippen LogP contribution in [-0.4, -0.2) is 44.2 Å². The zero-order valence-electron chi connectivity index (χ0n) is 11.7. The molecule has 1 aromatic rings. The molecule has 1 aliphatic rings. The maximum Gasteiger partial charge on any atom is 0.337 e. The number of hydrogen-bond acceptors (Lipinski definition) is 4. The second-order valence-electron chi connectivity index (χ2n) is 5.08. The molecule has 0 radical (unpaired) electrons. The number of carbonyl (C=O) groups excluding carboxylic acids is 1. The Kier molecular flexibility index (Phi) is 4.93. The van der Waals surface area contributed by atoms with Crippen LogP contribution in [0.4, 0.5) is 0 Å². The van der Waals surface area contributed by atoms with Gasteiger partial charge in [-0.2, -0.15) is 0 Å². The highest BCUT2D eigenvalue weighted by Crippen LogP contribution is 2.24. The minimum absolute atomic E-state index is 0.287. The summed E-state index contributed by atoms with van der Waals surface area (Å²) in [6.45, 7) is 2.91. The summed E-state index contributed by atoms with van der Waals surface area (Å²) in [5.41, 5.74) is 1.78. The summed E-state index contributed by atoms with van der Waals surface area (Å²) in [7, 11) is 3.58. The van der Waals surface area contributed by atoms with Crippen LogP contribution in [0.3, 0.4) is 0 Å². The lowest BCUT2D eigenvalue weighted by Crippen LogP contribution is -2.30. The molecule has 19 heavy (non-hydrogen) atoms. The fraction of sp³-hybridized carbons (Fsp3) is 0.533. The molecule has 0 unspecified atom stereocenters. The number of nitrogens with zero attached hydrogens (tertiary/aromatic N) is 1. The van der Waals surface area contributed by atoms with Crippen LogP contribution in [0.2, 0.25) is 0 Å². The van der Waals surface area contributed by atoms with Crippen LogP contribution in [0.1, 0.15) is 28.8 Å². The molecule has 0 bridgehead atoms. The van der Waals surface area contributed by atoms with Crippen molar-refractivity contribution in [2.24, 2.45) is 0 Å². The highest BCUT2D eigenvalue weighted by Gasteiger charge is 2.25. The second kappa shape index (κ2) is 6.68. The first-order chi connectivity index (χ1) is 9.20. The van der Waals surface area contributed by atoms with Crippen molar-refractivity contribution >= 4 is 5.97 Å². The van der Waals surface area contributed by atoms with Gasteiger partial charge in [0.25, 0.3) is 0 Å². The Bertz CT molecular complexity index is 413. The monoisotopic (exact) mass is 262 g/mol. The Morgan fingerprint density at radius 1 is 1.37 bits per heavy atom. The van der Waals surface area contributed by atoms with Crippen molar-refractivity contribution < 1.29 is 9.53 Å². The van der Waals surface area contributed by atoms with Crippen LogP contribution in [0.25, 0.3) is 0 Å². The van der Waals surface area contributed by atoms with Gasteiger partial charge in [0.15, 0.2) is 0 Å². The predicted molar refractivity (Wildman–Crippen MR) is 75.1 cm³/mol. The van der Waals surface area contributed by atoms with E-state index in [4.69, 9.17) is 0 Å². The van der Waals surface area contributed by atoms with Gasteiger partial charge in [0.1, 0.15) is 0 Å². The van der Waals surface area contributed by atoms with E-state index >= 15 is 0 Å². The topological polar surface area (TPSA) is 41.6 Å². The van der Waals surface area contributed by atoms with E-state index in [0.29, 0.717) is 5.56 Å². The fourth-order valence-corrected chi connectivity index (χ4v) is 2.06. The number of methoxy groups -OCH3 is 1. The molecule has 0 amide bonds. The van der Waals surface area contributed by atoms with Crippen molar-refractivity contribution in [3.8, 4) is 0 Å². The average Bonchev–Trinajstić information content (AvgIpc) is 3.27. The zero-order valence-corrected chi connectivity index (χ0v) is 11.7. The molecule has 1 fully saturated rings. The summed E-state index contributed by atoms with van der Waals surface area (Å²) in [6.07, 6.45) is 2.71. The summed E-state index contributed by atoms with van der Waals surface area (Å²) >= 11 is 0. The lowest BCUT2D eigenvalue weighted by Gasteiger charge is -2.15. The van der Waals surface area contributed by atoms with Gasteiger partial charge in [-0.05, 0) is 37.6 Å². The van der Waals surface area contributed by atoms with E-state index in [1.165, 1.54) is 25.5 Å². The van der Waals surface area contributed by atoms with Gasteiger partial charge in [0.2, 0.25) is 0 Å². The van der Waals surface area contributed by atoms with E-state index < -0.39 is 0 Å². The normalized spacial score (nSPS) is 14.7. The molecule has 0 aliphatic heterocycles. The Balaban J connectivity index is 1.69. The highest BCUT2D eigenvalue weighted by atomic mass is 16.5. The van der Waals surface area contributed by atoms with Crippen molar-refractivity contribution in [3.63, 3.8) is 0 Å². The first kappa shape index (κ1) is 14.0. The van der Waals surface area contributed by atoms with Crippen LogP contribution in [0.5, 0.6) is 0 Å². The van der Waals surface area contributed by atoms with E-state index in [1.807, 2.05) is 12.1 Å². The van der Waals surface area contributed by atoms with Crippen LogP contribution in [0.15, 0.2) is 24.3 Å². The Morgan fingerprint density at radius 2 is 2.05 bits per heavy atom. The molecule has 104 valence electrons. The minimum Gasteiger partial charge on any atom is -0.465 e. The maximum absolute atomic E-state index is 11.3. The number of likely N-dealkylation sites (N-methyl/N-ethyl adjacent to an activating group) is 1. The van der Waals surface area contributed by atoms with Gasteiger partial charge in [0, 0.05) is 25.7 Å². The summed E-state index contributed by atoms with van der Waals surface area (Å²) in [6, 6.07) is 8.35. The zero-order chi connectivity index (χ0) is 13.7. The molecule has 0 atom stereocenters. The molecule has 2 rings (SSSR count). The number of benzene rings is 1. The Morgan fingerprint density at radius 3 is 2.63 bits per heavy atom. The molecule has 1 saturated carbocycles. The molecule has 0 saturated heterocycles. The molecule has 1 aromatic carbocycles. The number of hydrogen-bond donors (Lipinski definition) is 1. The van der Waals surface area contributed by atoms with E-state index in [1.54, 1.807) is 12.1 Å². The van der Waals surface area contributed by atoms with Gasteiger partial charge in [-0.3, -0.25) is 0 Å². The van der Waals surface area contributed by atoms with Gasteiger partial charge in [0.05, 0.1) is 12.7 Å². The number of ether oxygens (including phenoxy) is 1. The van der Waals surface area contributed by atoms with Crippen LogP contribution < -0.4 is 5.32 Å². The Labute approximate surface area is 114 Å². The van der Waals surface area contributed by atoms with Gasteiger partial charge in [-0.15, -0.1) is 0 Å². The Hall–Kier alpha value is -1.39. The lowest BCUT2D eigenvalue weighted by atomic mass is 10.1. The quantitative estimate of drug-likeness (QED) is 0.599. The molecule has 0 spiro atoms. The number of esters is 1. The molecule has 0 aromatic heterocycles. The molecule has 4 heteroatoms. The van der Waals surface area contributed by atoms with Crippen molar-refractivity contribution in [2.45, 2.75) is 25.4 Å². The van der Waals surface area contributed by atoms with Gasteiger partial charge in [-0.25, -0.2) is 4.79 Å². The summed E-state index contributed by atoms with van der Waals surface area (Å²) in [5.74, 6) is -0.287. The van der Waals surface area contributed by atoms with Crippen molar-refractivity contribution in [3.05, 3.63) is 35.4 Å². The van der Waals surface area contributed by atoms with Crippen molar-refractivity contribution in [1.29, 1.82) is 0 Å². The number of rotatable bonds is 7. The summed E-state index contributed by atoms with van der Waals surface area (Å²) in [5, 5.41) is 3.42. The molecular formula is C15H22N2O2. The largest absolute Gasteiger partial charge is 0.465 e. The van der Waals surface area contributed by atoms with Crippen LogP contribution in [-0.2, 0) is 11.3 Å². The number of carbonyl (C=O) groups is 1. The highest BCUT2D eigenvalue weighted by molar-refractivity contribution is 5.89. The first-order valence-corrected chi connectivity index (χ1v) is 6.79. The summed E-state index contributed by atoms with van der Waals surface area (Å²) < 4.78 is 4.67. The third-order valence-corrected chi connectivity index (χ3v) is 3.52. The van der Waals surface area contributed by atoms with Gasteiger partial charge < -0.3 is 15.0 Å². The SMILES string of the molecule is COC(=O)c1ccc(CNCCN(C)C2CC2)cc1. The molecule has 0 heterocycles. The van der Waals surface area contributed by atoms with E-state index in [0.717, 1.165) is 25.7 Å². The third kappa shape index (κ3) is 4.33. The van der Waals surface area contributed by atoms with Gasteiger partial charge in [-0.1, -0.05) is 12.1 Å². The standard InChI is InChI=1S/C15H22N2O2/c1-17(14-7-8-14)10-9-16-11-12-3-5-13(6-4-12)15(18)19-2/h3-6,14,16H,7-11H2,1-2H3. The predicted octanol–water partition coefficient (Wildman–Crippen LogP) is 1.66. The summed E-state index contributed by atoms with van der Waals surface area (Å²) in [4.78, 5) is 13.7. The number of nitrogens with one attached hydrogen (secondary N) is 1. The first-order valence-electron chi connectivity index (χ1n) is 6.79. The van der Waals surface area contributed by atoms with E-state index in [-0.39, 0.29) is 5.97 Å². The maximum atomic E-state index is 11.3. The second-order valence-corrected chi connectivity index (χ2v) is 5.08. The lowest BCUT2D eigenvalue weighted by molar-refractivity contribution is 0.0600. The molecule has 1 aliphatic carbocycles. The van der Waals surface area contributed by atoms with E-state index in [9.17, 15) is 4.79 Å². The van der Waals surface area contributed by atoms with Crippen LogP contribution >= 0.6 is 0 Å². The minimum atomic E-state index is -0.287. The molecule has 1 N–H and O–H groups in total. The average molecular weight is 262 g/mol.